The van der Waals surface area contributed by atoms with Gasteiger partial charge in [-0.15, -0.1) is 0 Å². The summed E-state index contributed by atoms with van der Waals surface area (Å²) in [7, 11) is 4.11. The quantitative estimate of drug-likeness (QED) is 0.904. The Morgan fingerprint density at radius 1 is 1.33 bits per heavy atom. The van der Waals surface area contributed by atoms with Crippen LogP contribution in [0.25, 0.3) is 10.9 Å². The van der Waals surface area contributed by atoms with E-state index in [0.29, 0.717) is 0 Å². The van der Waals surface area contributed by atoms with Crippen LogP contribution in [0, 0.1) is 0 Å². The molecular formula is C12H15BrN2. The lowest BCUT2D eigenvalue weighted by atomic mass is 10.2. The van der Waals surface area contributed by atoms with E-state index in [9.17, 15) is 0 Å². The Hall–Kier alpha value is -0.800. The summed E-state index contributed by atoms with van der Waals surface area (Å²) in [5.74, 6) is 0. The number of nitrogens with one attached hydrogen (secondary N) is 1. The Balaban J connectivity index is 2.45. The van der Waals surface area contributed by atoms with E-state index in [2.05, 4.69) is 57.1 Å². The van der Waals surface area contributed by atoms with Crippen molar-refractivity contribution in [2.75, 3.05) is 13.6 Å². The van der Waals surface area contributed by atoms with Gasteiger partial charge in [-0.2, -0.15) is 0 Å². The second kappa shape index (κ2) is 4.37. The molecule has 0 atom stereocenters. The van der Waals surface area contributed by atoms with Crippen molar-refractivity contribution in [2.45, 2.75) is 6.42 Å². The normalized spacial score (nSPS) is 11.1. The number of likely N-dealkylation sites (N-methyl/N-ethyl adjacent to an activating group) is 1. The number of hydrogen-bond donors (Lipinski definition) is 1. The zero-order chi connectivity index (χ0) is 10.8. The van der Waals surface area contributed by atoms with E-state index in [0.717, 1.165) is 17.4 Å². The first-order valence-electron chi connectivity index (χ1n) is 5.11. The fourth-order valence-electron chi connectivity index (χ4n) is 1.85. The van der Waals surface area contributed by atoms with Gasteiger partial charge < -0.3 is 9.88 Å². The van der Waals surface area contributed by atoms with Crippen molar-refractivity contribution in [3.05, 3.63) is 34.4 Å². The maximum Gasteiger partial charge on any atom is 0.0491 e. The maximum absolute atomic E-state index is 3.50. The average molecular weight is 267 g/mol. The van der Waals surface area contributed by atoms with Gasteiger partial charge in [-0.3, -0.25) is 0 Å². The van der Waals surface area contributed by atoms with Crippen molar-refractivity contribution < 1.29 is 0 Å². The van der Waals surface area contributed by atoms with E-state index >= 15 is 0 Å². The first-order valence-corrected chi connectivity index (χ1v) is 5.90. The zero-order valence-electron chi connectivity index (χ0n) is 9.05. The molecule has 3 heteroatoms. The lowest BCUT2D eigenvalue weighted by molar-refractivity contribution is 0.746. The highest BCUT2D eigenvalue weighted by atomic mass is 79.9. The van der Waals surface area contributed by atoms with Crippen molar-refractivity contribution in [1.82, 2.24) is 9.88 Å². The number of rotatable bonds is 3. The molecule has 1 heterocycles. The fraction of sp³-hybridized carbons (Fsp3) is 0.333. The fourth-order valence-corrected chi connectivity index (χ4v) is 2.20. The second-order valence-electron chi connectivity index (χ2n) is 3.75. The maximum atomic E-state index is 3.50. The molecule has 15 heavy (non-hydrogen) atoms. The third-order valence-electron chi connectivity index (χ3n) is 2.74. The molecule has 1 aromatic carbocycles. The minimum atomic E-state index is 1.02. The number of hydrogen-bond acceptors (Lipinski definition) is 1. The highest BCUT2D eigenvalue weighted by molar-refractivity contribution is 9.10. The van der Waals surface area contributed by atoms with Crippen LogP contribution in [0.4, 0.5) is 0 Å². The summed E-state index contributed by atoms with van der Waals surface area (Å²) in [5, 5.41) is 4.49. The van der Waals surface area contributed by atoms with Gasteiger partial charge in [0, 0.05) is 35.7 Å². The van der Waals surface area contributed by atoms with Crippen molar-refractivity contribution >= 4 is 26.8 Å². The van der Waals surface area contributed by atoms with Crippen LogP contribution >= 0.6 is 15.9 Å². The van der Waals surface area contributed by atoms with E-state index in [-0.39, 0.29) is 0 Å². The van der Waals surface area contributed by atoms with Crippen LogP contribution in [0.5, 0.6) is 0 Å². The van der Waals surface area contributed by atoms with Gasteiger partial charge in [-0.25, -0.2) is 0 Å². The van der Waals surface area contributed by atoms with Crippen LogP contribution in [0.3, 0.4) is 0 Å². The first-order chi connectivity index (χ1) is 7.22. The molecule has 1 aromatic heterocycles. The number of aromatic nitrogens is 1. The summed E-state index contributed by atoms with van der Waals surface area (Å²) in [6.45, 7) is 1.02. The number of benzene rings is 1. The minimum absolute atomic E-state index is 1.02. The zero-order valence-corrected chi connectivity index (χ0v) is 10.6. The molecular weight excluding hydrogens is 252 g/mol. The molecule has 0 aliphatic carbocycles. The summed E-state index contributed by atoms with van der Waals surface area (Å²) >= 11 is 3.50. The van der Waals surface area contributed by atoms with E-state index < -0.39 is 0 Å². The predicted molar refractivity (Wildman–Crippen MR) is 68.2 cm³/mol. The second-order valence-corrected chi connectivity index (χ2v) is 4.67. The number of fused-ring (bicyclic) bond motifs is 1. The summed E-state index contributed by atoms with van der Waals surface area (Å²) in [6.07, 6.45) is 1.07. The number of halogens is 1. The average Bonchev–Trinajstić information content (AvgIpc) is 2.53. The lowest BCUT2D eigenvalue weighted by Gasteiger charge is -2.03. The SMILES string of the molecule is CNCCc1cc2ccc(Br)cc2n1C. The monoisotopic (exact) mass is 266 g/mol. The van der Waals surface area contributed by atoms with E-state index in [1.54, 1.807) is 0 Å². The standard InChI is InChI=1S/C12H15BrN2/c1-14-6-5-11-7-9-3-4-10(13)8-12(9)15(11)2/h3-4,7-8,14H,5-6H2,1-2H3. The molecule has 0 radical (unpaired) electrons. The molecule has 0 spiro atoms. The molecule has 0 fully saturated rings. The number of aryl methyl sites for hydroxylation is 1. The molecule has 0 saturated carbocycles. The van der Waals surface area contributed by atoms with Gasteiger partial charge in [-0.1, -0.05) is 22.0 Å². The van der Waals surface area contributed by atoms with Gasteiger partial charge in [0.2, 0.25) is 0 Å². The van der Waals surface area contributed by atoms with Gasteiger partial charge in [0.1, 0.15) is 0 Å². The molecule has 80 valence electrons. The predicted octanol–water partition coefficient (Wildman–Crippen LogP) is 2.70. The largest absolute Gasteiger partial charge is 0.348 e. The van der Waals surface area contributed by atoms with Gasteiger partial charge in [0.05, 0.1) is 0 Å². The van der Waals surface area contributed by atoms with Crippen molar-refractivity contribution in [3.63, 3.8) is 0 Å². The molecule has 0 unspecified atom stereocenters. The molecule has 2 nitrogen and oxygen atoms in total. The Kier molecular flexibility index (Phi) is 3.12. The van der Waals surface area contributed by atoms with Crippen LogP contribution in [-0.4, -0.2) is 18.2 Å². The van der Waals surface area contributed by atoms with E-state index in [1.807, 2.05) is 7.05 Å². The lowest BCUT2D eigenvalue weighted by Crippen LogP contribution is -2.12. The molecule has 1 N–H and O–H groups in total. The van der Waals surface area contributed by atoms with Crippen LogP contribution in [-0.2, 0) is 13.5 Å². The summed E-state index contributed by atoms with van der Waals surface area (Å²) < 4.78 is 3.40. The Bertz CT molecular complexity index is 474. The molecule has 0 aliphatic rings. The number of nitrogens with zero attached hydrogens (tertiary/aromatic N) is 1. The van der Waals surface area contributed by atoms with Gasteiger partial charge in [-0.05, 0) is 30.6 Å². The Morgan fingerprint density at radius 3 is 2.87 bits per heavy atom. The minimum Gasteiger partial charge on any atom is -0.348 e. The third-order valence-corrected chi connectivity index (χ3v) is 3.23. The first kappa shape index (κ1) is 10.7. The van der Waals surface area contributed by atoms with Crippen LogP contribution in [0.15, 0.2) is 28.7 Å². The Labute approximate surface area is 98.4 Å². The summed E-state index contributed by atoms with van der Waals surface area (Å²) in [6, 6.07) is 8.67. The molecule has 0 saturated heterocycles. The van der Waals surface area contributed by atoms with Crippen LogP contribution in [0.1, 0.15) is 5.69 Å². The molecule has 0 amide bonds. The smallest absolute Gasteiger partial charge is 0.0491 e. The highest BCUT2D eigenvalue weighted by Crippen LogP contribution is 2.22. The van der Waals surface area contributed by atoms with Crippen LogP contribution < -0.4 is 5.32 Å². The van der Waals surface area contributed by atoms with E-state index in [4.69, 9.17) is 0 Å². The topological polar surface area (TPSA) is 17.0 Å². The van der Waals surface area contributed by atoms with Crippen molar-refractivity contribution in [1.29, 1.82) is 0 Å². The molecule has 2 aromatic rings. The molecule has 2 rings (SSSR count). The van der Waals surface area contributed by atoms with Gasteiger partial charge >= 0.3 is 0 Å². The van der Waals surface area contributed by atoms with Gasteiger partial charge in [0.25, 0.3) is 0 Å². The third kappa shape index (κ3) is 2.08. The summed E-state index contributed by atoms with van der Waals surface area (Å²) in [4.78, 5) is 0. The van der Waals surface area contributed by atoms with Crippen molar-refractivity contribution in [2.24, 2.45) is 7.05 Å². The Morgan fingerprint density at radius 2 is 2.13 bits per heavy atom. The van der Waals surface area contributed by atoms with Crippen LogP contribution in [0.2, 0.25) is 0 Å². The van der Waals surface area contributed by atoms with Gasteiger partial charge in [0.15, 0.2) is 0 Å². The van der Waals surface area contributed by atoms with Crippen molar-refractivity contribution in [3.8, 4) is 0 Å². The summed E-state index contributed by atoms with van der Waals surface area (Å²) in [5.41, 5.74) is 2.66. The van der Waals surface area contributed by atoms with E-state index in [1.165, 1.54) is 16.6 Å². The molecule has 0 aliphatic heterocycles. The highest BCUT2D eigenvalue weighted by Gasteiger charge is 2.05. The molecule has 0 bridgehead atoms.